The lowest BCUT2D eigenvalue weighted by Crippen LogP contribution is -2.05. The summed E-state index contributed by atoms with van der Waals surface area (Å²) in [7, 11) is 3.23. The number of hydrogen-bond acceptors (Lipinski definition) is 4. The first-order valence-electron chi connectivity index (χ1n) is 8.69. The third kappa shape index (κ3) is 3.01. The molecule has 5 heteroatoms. The Morgan fingerprint density at radius 3 is 2.44 bits per heavy atom. The largest absolute Gasteiger partial charge is 0.497 e. The quantitative estimate of drug-likeness (QED) is 0.744. The molecule has 0 saturated carbocycles. The number of pyridine rings is 1. The predicted octanol–water partition coefficient (Wildman–Crippen LogP) is 4.44. The Bertz CT molecular complexity index is 1060. The van der Waals surface area contributed by atoms with Gasteiger partial charge in [-0.15, -0.1) is 0 Å². The minimum atomic E-state index is -0.908. The van der Waals surface area contributed by atoms with Gasteiger partial charge in [-0.3, -0.25) is 0 Å². The Labute approximate surface area is 156 Å². The summed E-state index contributed by atoms with van der Waals surface area (Å²) in [4.78, 5) is 16.7. The van der Waals surface area contributed by atoms with Crippen molar-refractivity contribution in [3.05, 3.63) is 64.8 Å². The highest BCUT2D eigenvalue weighted by atomic mass is 16.5. The Balaban J connectivity index is 1.89. The van der Waals surface area contributed by atoms with E-state index in [0.717, 1.165) is 28.8 Å². The topological polar surface area (TPSA) is 68.7 Å². The van der Waals surface area contributed by atoms with E-state index < -0.39 is 5.97 Å². The third-order valence-corrected chi connectivity index (χ3v) is 4.87. The van der Waals surface area contributed by atoms with Crippen LogP contribution < -0.4 is 9.47 Å². The van der Waals surface area contributed by atoms with E-state index in [9.17, 15) is 9.90 Å². The lowest BCUT2D eigenvalue weighted by Gasteiger charge is -2.10. The van der Waals surface area contributed by atoms with Crippen molar-refractivity contribution < 1.29 is 19.4 Å². The average molecular weight is 361 g/mol. The summed E-state index contributed by atoms with van der Waals surface area (Å²) in [5.74, 6) is 0.503. The summed E-state index contributed by atoms with van der Waals surface area (Å²) in [6.07, 6.45) is 3.45. The zero-order valence-electron chi connectivity index (χ0n) is 15.2. The van der Waals surface area contributed by atoms with E-state index in [0.29, 0.717) is 34.4 Å². The minimum Gasteiger partial charge on any atom is -0.497 e. The number of hydrogen-bond donors (Lipinski definition) is 1. The van der Waals surface area contributed by atoms with Gasteiger partial charge in [-0.25, -0.2) is 9.78 Å². The van der Waals surface area contributed by atoms with Crippen molar-refractivity contribution in [3.8, 4) is 11.5 Å². The van der Waals surface area contributed by atoms with Crippen molar-refractivity contribution >= 4 is 28.5 Å². The Morgan fingerprint density at radius 2 is 1.78 bits per heavy atom. The summed E-state index contributed by atoms with van der Waals surface area (Å²) in [5, 5.41) is 10.5. The van der Waals surface area contributed by atoms with Crippen molar-refractivity contribution in [2.24, 2.45) is 0 Å². The van der Waals surface area contributed by atoms with Crippen LogP contribution in [0.3, 0.4) is 0 Å². The lowest BCUT2D eigenvalue weighted by atomic mass is 10.0. The molecule has 5 nitrogen and oxygen atoms in total. The van der Waals surface area contributed by atoms with Gasteiger partial charge in [0.25, 0.3) is 0 Å². The van der Waals surface area contributed by atoms with E-state index in [-0.39, 0.29) is 0 Å². The van der Waals surface area contributed by atoms with Crippen LogP contribution in [0.5, 0.6) is 11.5 Å². The van der Waals surface area contributed by atoms with E-state index >= 15 is 0 Å². The molecule has 2 aromatic carbocycles. The maximum absolute atomic E-state index is 11.9. The second-order valence-electron chi connectivity index (χ2n) is 6.45. The number of benzene rings is 2. The number of ether oxygens (including phenoxy) is 2. The van der Waals surface area contributed by atoms with E-state index in [1.807, 2.05) is 48.5 Å². The van der Waals surface area contributed by atoms with Gasteiger partial charge >= 0.3 is 5.97 Å². The first-order chi connectivity index (χ1) is 13.1. The van der Waals surface area contributed by atoms with Gasteiger partial charge in [0.05, 0.1) is 31.0 Å². The first-order valence-corrected chi connectivity index (χ1v) is 8.69. The lowest BCUT2D eigenvalue weighted by molar-refractivity contribution is 0.0698. The Kier molecular flexibility index (Phi) is 4.28. The number of fused-ring (bicyclic) bond motifs is 2. The van der Waals surface area contributed by atoms with Crippen LogP contribution in [0.15, 0.2) is 42.5 Å². The van der Waals surface area contributed by atoms with Gasteiger partial charge < -0.3 is 14.6 Å². The number of carboxylic acids is 1. The molecule has 0 unspecified atom stereocenters. The molecule has 1 aliphatic rings. The number of aromatic nitrogens is 1. The monoisotopic (exact) mass is 361 g/mol. The summed E-state index contributed by atoms with van der Waals surface area (Å²) in [6, 6.07) is 13.1. The van der Waals surface area contributed by atoms with Crippen LogP contribution >= 0.6 is 0 Å². The van der Waals surface area contributed by atoms with E-state index in [1.54, 1.807) is 14.2 Å². The van der Waals surface area contributed by atoms with Gasteiger partial charge in [0.1, 0.15) is 11.5 Å². The average Bonchev–Trinajstić information content (AvgIpc) is 3.07. The van der Waals surface area contributed by atoms with Gasteiger partial charge in [0.2, 0.25) is 0 Å². The van der Waals surface area contributed by atoms with Gasteiger partial charge in [-0.05, 0) is 53.8 Å². The fourth-order valence-corrected chi connectivity index (χ4v) is 3.64. The van der Waals surface area contributed by atoms with E-state index in [4.69, 9.17) is 14.5 Å². The van der Waals surface area contributed by atoms with Crippen LogP contribution in [0.2, 0.25) is 0 Å². The molecule has 4 rings (SSSR count). The van der Waals surface area contributed by atoms with Crippen molar-refractivity contribution in [2.75, 3.05) is 14.2 Å². The van der Waals surface area contributed by atoms with Crippen LogP contribution in [0.25, 0.3) is 22.6 Å². The summed E-state index contributed by atoms with van der Waals surface area (Å²) in [5.41, 5.74) is 4.59. The molecule has 136 valence electrons. The Morgan fingerprint density at radius 1 is 1.07 bits per heavy atom. The van der Waals surface area contributed by atoms with Crippen LogP contribution in [0, 0.1) is 0 Å². The predicted molar refractivity (Wildman–Crippen MR) is 104 cm³/mol. The van der Waals surface area contributed by atoms with Crippen molar-refractivity contribution in [1.82, 2.24) is 4.98 Å². The number of para-hydroxylation sites is 1. The Hall–Kier alpha value is -3.34. The maximum atomic E-state index is 11.9. The fraction of sp³-hybridized carbons (Fsp3) is 0.182. The molecule has 0 aliphatic heterocycles. The maximum Gasteiger partial charge on any atom is 0.336 e. The molecule has 1 aromatic heterocycles. The molecule has 0 spiro atoms. The van der Waals surface area contributed by atoms with Crippen molar-refractivity contribution in [1.29, 1.82) is 0 Å². The van der Waals surface area contributed by atoms with Crippen molar-refractivity contribution in [3.63, 3.8) is 0 Å². The second kappa shape index (κ2) is 6.76. The zero-order chi connectivity index (χ0) is 19.0. The highest BCUT2D eigenvalue weighted by Gasteiger charge is 2.26. The highest BCUT2D eigenvalue weighted by Crippen LogP contribution is 2.38. The number of aromatic carboxylic acids is 1. The normalized spacial score (nSPS) is 14.4. The zero-order valence-corrected chi connectivity index (χ0v) is 15.2. The molecule has 1 N–H and O–H groups in total. The van der Waals surface area contributed by atoms with E-state index in [1.165, 1.54) is 0 Å². The molecular weight excluding hydrogens is 342 g/mol. The standard InChI is InChI=1S/C22H19NO4/c1-26-15-10-13(11-16(12-15)27-2)9-14-7-8-18-20(22(24)25)17-5-3-4-6-19(17)23-21(14)18/h3-6,9-12H,7-8H2,1-2H3,(H,24,25)/b14-9+. The molecule has 27 heavy (non-hydrogen) atoms. The fourth-order valence-electron chi connectivity index (χ4n) is 3.64. The molecule has 1 aliphatic carbocycles. The van der Waals surface area contributed by atoms with Gasteiger partial charge in [-0.1, -0.05) is 18.2 Å². The number of rotatable bonds is 4. The molecule has 0 saturated heterocycles. The molecule has 0 amide bonds. The first kappa shape index (κ1) is 17.1. The molecule has 0 fully saturated rings. The molecule has 0 bridgehead atoms. The highest BCUT2D eigenvalue weighted by molar-refractivity contribution is 6.06. The van der Waals surface area contributed by atoms with E-state index in [2.05, 4.69) is 0 Å². The number of allylic oxidation sites excluding steroid dienone is 1. The summed E-state index contributed by atoms with van der Waals surface area (Å²) < 4.78 is 10.7. The van der Waals surface area contributed by atoms with Crippen LogP contribution in [-0.2, 0) is 6.42 Å². The summed E-state index contributed by atoms with van der Waals surface area (Å²) >= 11 is 0. The third-order valence-electron chi connectivity index (χ3n) is 4.87. The molecular formula is C22H19NO4. The molecule has 1 heterocycles. The van der Waals surface area contributed by atoms with Crippen LogP contribution in [0.4, 0.5) is 0 Å². The SMILES string of the molecule is COc1cc(/C=C2\CCc3c2nc2ccccc2c3C(=O)O)cc(OC)c1. The van der Waals surface area contributed by atoms with Crippen LogP contribution in [0.1, 0.15) is 33.6 Å². The second-order valence-corrected chi connectivity index (χ2v) is 6.45. The summed E-state index contributed by atoms with van der Waals surface area (Å²) in [6.45, 7) is 0. The number of carbonyl (C=O) groups is 1. The van der Waals surface area contributed by atoms with Crippen molar-refractivity contribution in [2.45, 2.75) is 12.8 Å². The van der Waals surface area contributed by atoms with Crippen LogP contribution in [-0.4, -0.2) is 30.3 Å². The minimum absolute atomic E-state index is 0.363. The molecule has 3 aromatic rings. The number of carboxylic acid groups (broad SMARTS) is 1. The number of nitrogens with zero attached hydrogens (tertiary/aromatic N) is 1. The number of methoxy groups -OCH3 is 2. The van der Waals surface area contributed by atoms with Gasteiger partial charge in [0, 0.05) is 11.5 Å². The van der Waals surface area contributed by atoms with Gasteiger partial charge in [-0.2, -0.15) is 0 Å². The smallest absolute Gasteiger partial charge is 0.336 e. The molecule has 0 radical (unpaired) electrons. The molecule has 0 atom stereocenters. The van der Waals surface area contributed by atoms with Gasteiger partial charge in [0.15, 0.2) is 0 Å².